The summed E-state index contributed by atoms with van der Waals surface area (Å²) in [5, 5.41) is 2.90. The molecule has 1 amide bonds. The zero-order chi connectivity index (χ0) is 17.9. The van der Waals surface area contributed by atoms with Gasteiger partial charge in [-0.1, -0.05) is 0 Å². The summed E-state index contributed by atoms with van der Waals surface area (Å²) in [4.78, 5) is 22.8. The Morgan fingerprint density at radius 3 is 2.92 bits per heavy atom. The van der Waals surface area contributed by atoms with Crippen molar-refractivity contribution >= 4 is 17.2 Å². The highest BCUT2D eigenvalue weighted by Crippen LogP contribution is 2.24. The maximum absolute atomic E-state index is 12.5. The summed E-state index contributed by atoms with van der Waals surface area (Å²) < 4.78 is 19.6. The first-order valence-electron chi connectivity index (χ1n) is 8.69. The molecular formula is C18H20FN5O2. The van der Waals surface area contributed by atoms with Crippen LogP contribution in [0.15, 0.2) is 41.7 Å². The fraction of sp³-hybridized carbons (Fsp3) is 0.389. The second kappa shape index (κ2) is 7.25. The number of fused-ring (bicyclic) bond motifs is 1. The van der Waals surface area contributed by atoms with Crippen LogP contribution in [0.25, 0.3) is 16.8 Å². The molecule has 26 heavy (non-hydrogen) atoms. The van der Waals surface area contributed by atoms with Gasteiger partial charge in [0.15, 0.2) is 12.2 Å². The molecule has 0 aliphatic carbocycles. The van der Waals surface area contributed by atoms with Crippen LogP contribution in [0, 0.1) is 5.92 Å². The van der Waals surface area contributed by atoms with Gasteiger partial charge < -0.3 is 19.0 Å². The number of rotatable bonds is 5. The normalized spacial score (nSPS) is 16.2. The van der Waals surface area contributed by atoms with Crippen LogP contribution in [-0.2, 0) is 4.79 Å². The lowest BCUT2D eigenvalue weighted by molar-refractivity contribution is -0.121. The zero-order valence-electron chi connectivity index (χ0n) is 14.3. The van der Waals surface area contributed by atoms with E-state index in [0.29, 0.717) is 18.1 Å². The predicted octanol–water partition coefficient (Wildman–Crippen LogP) is 2.61. The molecule has 0 saturated carbocycles. The minimum atomic E-state index is -0.339. The molecule has 1 fully saturated rings. The van der Waals surface area contributed by atoms with Crippen LogP contribution in [0.2, 0.25) is 0 Å². The van der Waals surface area contributed by atoms with Gasteiger partial charge in [0.25, 0.3) is 0 Å². The van der Waals surface area contributed by atoms with Gasteiger partial charge in [-0.15, -0.1) is 0 Å². The molecule has 136 valence electrons. The van der Waals surface area contributed by atoms with Gasteiger partial charge in [-0.05, 0) is 32.0 Å². The smallest absolute Gasteiger partial charge is 0.228 e. The number of hydrogen-bond donors (Lipinski definition) is 1. The minimum absolute atomic E-state index is 0.0243. The number of aromatic nitrogens is 3. The Balaban J connectivity index is 1.43. The van der Waals surface area contributed by atoms with Crippen LogP contribution in [0.4, 0.5) is 10.2 Å². The lowest BCUT2D eigenvalue weighted by Gasteiger charge is -2.30. The number of nitrogens with zero attached hydrogens (tertiary/aromatic N) is 4. The molecule has 4 rings (SSSR count). The van der Waals surface area contributed by atoms with Crippen molar-refractivity contribution in [1.82, 2.24) is 19.3 Å². The van der Waals surface area contributed by atoms with Crippen LogP contribution >= 0.6 is 0 Å². The molecule has 1 saturated heterocycles. The number of oxazole rings is 1. The van der Waals surface area contributed by atoms with Gasteiger partial charge in [0, 0.05) is 30.3 Å². The molecule has 0 unspecified atom stereocenters. The third kappa shape index (κ3) is 3.45. The van der Waals surface area contributed by atoms with Crippen LogP contribution in [0.3, 0.4) is 0 Å². The van der Waals surface area contributed by atoms with Gasteiger partial charge in [-0.25, -0.2) is 14.4 Å². The van der Waals surface area contributed by atoms with Gasteiger partial charge in [0.2, 0.25) is 5.91 Å². The SMILES string of the molecule is O=C(Nc1cc2cc(-c3cnco3)cn2cn1)C1CCN(CCF)CC1. The molecule has 0 atom stereocenters. The topological polar surface area (TPSA) is 75.7 Å². The van der Waals surface area contributed by atoms with E-state index in [0.717, 1.165) is 37.0 Å². The van der Waals surface area contributed by atoms with Crippen molar-refractivity contribution in [2.75, 3.05) is 31.6 Å². The lowest BCUT2D eigenvalue weighted by atomic mass is 9.96. The Kier molecular flexibility index (Phi) is 4.66. The van der Waals surface area contributed by atoms with Crippen molar-refractivity contribution in [3.8, 4) is 11.3 Å². The average molecular weight is 357 g/mol. The number of anilines is 1. The van der Waals surface area contributed by atoms with E-state index < -0.39 is 0 Å². The maximum Gasteiger partial charge on any atom is 0.228 e. The number of nitrogens with one attached hydrogen (secondary N) is 1. The molecule has 1 aliphatic heterocycles. The number of likely N-dealkylation sites (tertiary alicyclic amines) is 1. The second-order valence-electron chi connectivity index (χ2n) is 6.49. The van der Waals surface area contributed by atoms with Crippen molar-refractivity contribution in [3.63, 3.8) is 0 Å². The number of alkyl halides is 1. The number of piperidine rings is 1. The Morgan fingerprint density at radius 1 is 1.35 bits per heavy atom. The van der Waals surface area contributed by atoms with E-state index in [1.165, 1.54) is 6.39 Å². The number of amides is 1. The molecule has 4 heterocycles. The first kappa shape index (κ1) is 16.7. The summed E-state index contributed by atoms with van der Waals surface area (Å²) in [6.45, 7) is 1.63. The van der Waals surface area contributed by atoms with E-state index in [4.69, 9.17) is 4.42 Å². The van der Waals surface area contributed by atoms with E-state index >= 15 is 0 Å². The first-order valence-corrected chi connectivity index (χ1v) is 8.69. The lowest BCUT2D eigenvalue weighted by Crippen LogP contribution is -2.39. The minimum Gasteiger partial charge on any atom is -0.443 e. The van der Waals surface area contributed by atoms with E-state index in [2.05, 4.69) is 20.2 Å². The summed E-state index contributed by atoms with van der Waals surface area (Å²) in [5.74, 6) is 1.12. The van der Waals surface area contributed by atoms with E-state index in [1.807, 2.05) is 22.7 Å². The maximum atomic E-state index is 12.5. The van der Waals surface area contributed by atoms with Crippen molar-refractivity contribution in [2.24, 2.45) is 5.92 Å². The predicted molar refractivity (Wildman–Crippen MR) is 94.5 cm³/mol. The van der Waals surface area contributed by atoms with Gasteiger partial charge in [-0.3, -0.25) is 4.79 Å². The molecule has 7 nitrogen and oxygen atoms in total. The molecule has 0 aromatic carbocycles. The Hall–Kier alpha value is -2.74. The van der Waals surface area contributed by atoms with E-state index in [1.54, 1.807) is 12.5 Å². The molecule has 3 aromatic rings. The summed E-state index contributed by atoms with van der Waals surface area (Å²) in [5.41, 5.74) is 1.80. The second-order valence-corrected chi connectivity index (χ2v) is 6.49. The van der Waals surface area contributed by atoms with Crippen LogP contribution < -0.4 is 5.32 Å². The van der Waals surface area contributed by atoms with Crippen molar-refractivity contribution in [2.45, 2.75) is 12.8 Å². The molecule has 0 radical (unpaired) electrons. The zero-order valence-corrected chi connectivity index (χ0v) is 14.3. The molecule has 0 spiro atoms. The Bertz CT molecular complexity index is 884. The van der Waals surface area contributed by atoms with Gasteiger partial charge in [0.05, 0.1) is 11.7 Å². The molecular weight excluding hydrogens is 337 g/mol. The van der Waals surface area contributed by atoms with Crippen molar-refractivity contribution < 1.29 is 13.6 Å². The van der Waals surface area contributed by atoms with Crippen molar-refractivity contribution in [3.05, 3.63) is 37.2 Å². The highest BCUT2D eigenvalue weighted by Gasteiger charge is 2.25. The number of carbonyl (C=O) groups is 1. The fourth-order valence-electron chi connectivity index (χ4n) is 3.34. The van der Waals surface area contributed by atoms with Crippen LogP contribution in [0.1, 0.15) is 12.8 Å². The highest BCUT2D eigenvalue weighted by atomic mass is 19.1. The molecule has 1 N–H and O–H groups in total. The average Bonchev–Trinajstić information content (AvgIpc) is 3.31. The van der Waals surface area contributed by atoms with Crippen LogP contribution in [-0.4, -0.2) is 51.5 Å². The summed E-state index contributed by atoms with van der Waals surface area (Å²) in [6, 6.07) is 3.78. The molecule has 0 bridgehead atoms. The van der Waals surface area contributed by atoms with Crippen LogP contribution in [0.5, 0.6) is 0 Å². The van der Waals surface area contributed by atoms with Gasteiger partial charge in [0.1, 0.15) is 18.8 Å². The molecule has 3 aromatic heterocycles. The Labute approximate surface area is 149 Å². The molecule has 1 aliphatic rings. The quantitative estimate of drug-likeness (QED) is 0.760. The number of carbonyl (C=O) groups excluding carboxylic acids is 1. The highest BCUT2D eigenvalue weighted by molar-refractivity contribution is 5.92. The van der Waals surface area contributed by atoms with Crippen molar-refractivity contribution in [1.29, 1.82) is 0 Å². The fourth-order valence-corrected chi connectivity index (χ4v) is 3.34. The van der Waals surface area contributed by atoms with Gasteiger partial charge in [-0.2, -0.15) is 0 Å². The summed E-state index contributed by atoms with van der Waals surface area (Å²) in [6.07, 6.45) is 8.09. The largest absolute Gasteiger partial charge is 0.443 e. The molecule has 8 heteroatoms. The number of halogens is 1. The number of hydrogen-bond acceptors (Lipinski definition) is 5. The Morgan fingerprint density at radius 2 is 2.19 bits per heavy atom. The third-order valence-electron chi connectivity index (χ3n) is 4.81. The van der Waals surface area contributed by atoms with Gasteiger partial charge >= 0.3 is 0 Å². The standard InChI is InChI=1S/C18H20FN5O2/c19-3-6-23-4-1-13(2-5-23)18(25)22-17-8-15-7-14(10-24(15)11-21-17)16-9-20-12-26-16/h7-13H,1-6H2,(H,22,25). The monoisotopic (exact) mass is 357 g/mol. The summed E-state index contributed by atoms with van der Waals surface area (Å²) in [7, 11) is 0. The van der Waals surface area contributed by atoms with E-state index in [-0.39, 0.29) is 18.5 Å². The summed E-state index contributed by atoms with van der Waals surface area (Å²) >= 11 is 0. The van der Waals surface area contributed by atoms with E-state index in [9.17, 15) is 9.18 Å². The first-order chi connectivity index (χ1) is 12.7. The third-order valence-corrected chi connectivity index (χ3v) is 4.81.